The van der Waals surface area contributed by atoms with Crippen molar-refractivity contribution in [3.05, 3.63) is 35.4 Å². The van der Waals surface area contributed by atoms with Crippen LogP contribution in [0, 0.1) is 0 Å². The third-order valence-corrected chi connectivity index (χ3v) is 3.50. The molecular formula is C14H22N2O. The molecule has 1 saturated heterocycles. The standard InChI is InChI=1S/C14H22N2O/c15-11-14(17)13-5-3-12(4-6-13)7-10-16-8-1-2-9-16/h3-6,14,17H,1-2,7-11,15H2. The van der Waals surface area contributed by atoms with Gasteiger partial charge in [0.05, 0.1) is 6.10 Å². The summed E-state index contributed by atoms with van der Waals surface area (Å²) in [6.07, 6.45) is 3.27. The van der Waals surface area contributed by atoms with Gasteiger partial charge in [0, 0.05) is 13.1 Å². The zero-order valence-electron chi connectivity index (χ0n) is 10.3. The number of aliphatic hydroxyl groups is 1. The van der Waals surface area contributed by atoms with E-state index in [0.29, 0.717) is 0 Å². The quantitative estimate of drug-likeness (QED) is 0.808. The molecule has 3 heteroatoms. The first-order valence-corrected chi connectivity index (χ1v) is 6.49. The van der Waals surface area contributed by atoms with Gasteiger partial charge in [0.2, 0.25) is 0 Å². The Labute approximate surface area is 103 Å². The molecule has 0 bridgehead atoms. The molecule has 1 aromatic carbocycles. The second-order valence-electron chi connectivity index (χ2n) is 4.79. The van der Waals surface area contributed by atoms with Crippen molar-refractivity contribution in [3.8, 4) is 0 Å². The summed E-state index contributed by atoms with van der Waals surface area (Å²) in [5.41, 5.74) is 7.68. The molecular weight excluding hydrogens is 212 g/mol. The van der Waals surface area contributed by atoms with Crippen LogP contribution in [0.1, 0.15) is 30.1 Å². The highest BCUT2D eigenvalue weighted by Crippen LogP contribution is 2.14. The summed E-state index contributed by atoms with van der Waals surface area (Å²) >= 11 is 0. The van der Waals surface area contributed by atoms with Crippen molar-refractivity contribution in [2.24, 2.45) is 5.73 Å². The molecule has 1 atom stereocenters. The van der Waals surface area contributed by atoms with Crippen molar-refractivity contribution in [2.45, 2.75) is 25.4 Å². The lowest BCUT2D eigenvalue weighted by molar-refractivity contribution is 0.186. The van der Waals surface area contributed by atoms with Crippen molar-refractivity contribution >= 4 is 0 Å². The minimum Gasteiger partial charge on any atom is -0.387 e. The lowest BCUT2D eigenvalue weighted by Gasteiger charge is -2.14. The van der Waals surface area contributed by atoms with Gasteiger partial charge in [-0.15, -0.1) is 0 Å². The van der Waals surface area contributed by atoms with Crippen LogP contribution < -0.4 is 5.73 Å². The monoisotopic (exact) mass is 234 g/mol. The average molecular weight is 234 g/mol. The average Bonchev–Trinajstić information content (AvgIpc) is 2.89. The SMILES string of the molecule is NCC(O)c1ccc(CCN2CCCC2)cc1. The molecule has 0 radical (unpaired) electrons. The smallest absolute Gasteiger partial charge is 0.0912 e. The van der Waals surface area contributed by atoms with Crippen LogP contribution in [0.3, 0.4) is 0 Å². The Hall–Kier alpha value is -0.900. The van der Waals surface area contributed by atoms with E-state index < -0.39 is 6.10 Å². The third kappa shape index (κ3) is 3.53. The van der Waals surface area contributed by atoms with Gasteiger partial charge in [-0.3, -0.25) is 0 Å². The van der Waals surface area contributed by atoms with Crippen LogP contribution in [-0.2, 0) is 6.42 Å². The van der Waals surface area contributed by atoms with Gasteiger partial charge in [-0.2, -0.15) is 0 Å². The predicted octanol–water partition coefficient (Wildman–Crippen LogP) is 1.32. The van der Waals surface area contributed by atoms with Crippen molar-refractivity contribution in [3.63, 3.8) is 0 Å². The molecule has 3 nitrogen and oxygen atoms in total. The first-order chi connectivity index (χ1) is 8.29. The van der Waals surface area contributed by atoms with Crippen LogP contribution in [-0.4, -0.2) is 36.2 Å². The van der Waals surface area contributed by atoms with Gasteiger partial charge in [-0.05, 0) is 43.5 Å². The van der Waals surface area contributed by atoms with Crippen LogP contribution >= 0.6 is 0 Å². The summed E-state index contributed by atoms with van der Waals surface area (Å²) in [4.78, 5) is 2.52. The van der Waals surface area contributed by atoms with Crippen LogP contribution in [0.2, 0.25) is 0 Å². The topological polar surface area (TPSA) is 49.5 Å². The maximum absolute atomic E-state index is 9.59. The lowest BCUT2D eigenvalue weighted by Crippen LogP contribution is -2.21. The van der Waals surface area contributed by atoms with Crippen molar-refractivity contribution < 1.29 is 5.11 Å². The maximum atomic E-state index is 9.59. The molecule has 0 aliphatic carbocycles. The third-order valence-electron chi connectivity index (χ3n) is 3.50. The molecule has 1 aliphatic heterocycles. The van der Waals surface area contributed by atoms with Crippen LogP contribution in [0.25, 0.3) is 0 Å². The zero-order valence-corrected chi connectivity index (χ0v) is 10.3. The Kier molecular flexibility index (Phi) is 4.54. The molecule has 17 heavy (non-hydrogen) atoms. The van der Waals surface area contributed by atoms with Crippen molar-refractivity contribution in [2.75, 3.05) is 26.2 Å². The number of aliphatic hydroxyl groups excluding tert-OH is 1. The molecule has 0 saturated carbocycles. The van der Waals surface area contributed by atoms with Crippen LogP contribution in [0.5, 0.6) is 0 Å². The zero-order chi connectivity index (χ0) is 12.1. The molecule has 0 aromatic heterocycles. The van der Waals surface area contributed by atoms with E-state index in [1.165, 1.54) is 31.5 Å². The minimum atomic E-state index is -0.525. The van der Waals surface area contributed by atoms with E-state index in [0.717, 1.165) is 18.5 Å². The normalized spacial score (nSPS) is 18.5. The van der Waals surface area contributed by atoms with E-state index in [1.54, 1.807) is 0 Å². The Bertz CT molecular complexity index is 331. The molecule has 3 N–H and O–H groups in total. The molecule has 94 valence electrons. The van der Waals surface area contributed by atoms with Gasteiger partial charge >= 0.3 is 0 Å². The highest BCUT2D eigenvalue weighted by atomic mass is 16.3. The minimum absolute atomic E-state index is 0.285. The summed E-state index contributed by atoms with van der Waals surface area (Å²) in [6.45, 7) is 3.94. The molecule has 1 fully saturated rings. The maximum Gasteiger partial charge on any atom is 0.0912 e. The number of nitrogens with zero attached hydrogens (tertiary/aromatic N) is 1. The summed E-state index contributed by atoms with van der Waals surface area (Å²) in [5.74, 6) is 0. The number of nitrogens with two attached hydrogens (primary N) is 1. The van der Waals surface area contributed by atoms with Gasteiger partial charge in [0.1, 0.15) is 0 Å². The summed E-state index contributed by atoms with van der Waals surface area (Å²) < 4.78 is 0. The van der Waals surface area contributed by atoms with E-state index in [9.17, 15) is 5.11 Å². The Balaban J connectivity index is 1.84. The second kappa shape index (κ2) is 6.15. The molecule has 0 spiro atoms. The number of benzene rings is 1. The molecule has 1 aliphatic rings. The predicted molar refractivity (Wildman–Crippen MR) is 69.8 cm³/mol. The Morgan fingerprint density at radius 2 is 1.82 bits per heavy atom. The second-order valence-corrected chi connectivity index (χ2v) is 4.79. The van der Waals surface area contributed by atoms with Crippen molar-refractivity contribution in [1.29, 1.82) is 0 Å². The summed E-state index contributed by atoms with van der Waals surface area (Å²) in [5, 5.41) is 9.59. The first-order valence-electron chi connectivity index (χ1n) is 6.49. The van der Waals surface area contributed by atoms with Gasteiger partial charge in [0.25, 0.3) is 0 Å². The van der Waals surface area contributed by atoms with E-state index in [2.05, 4.69) is 17.0 Å². The molecule has 1 unspecified atom stereocenters. The van der Waals surface area contributed by atoms with Crippen LogP contribution in [0.15, 0.2) is 24.3 Å². The number of hydrogen-bond donors (Lipinski definition) is 2. The fourth-order valence-electron chi connectivity index (χ4n) is 2.34. The van der Waals surface area contributed by atoms with E-state index in [-0.39, 0.29) is 6.54 Å². The highest BCUT2D eigenvalue weighted by molar-refractivity contribution is 5.24. The summed E-state index contributed by atoms with van der Waals surface area (Å²) in [7, 11) is 0. The Morgan fingerprint density at radius 1 is 1.18 bits per heavy atom. The first kappa shape index (κ1) is 12.6. The van der Waals surface area contributed by atoms with E-state index in [1.807, 2.05) is 12.1 Å². The molecule has 1 aromatic rings. The molecule has 1 heterocycles. The number of rotatable bonds is 5. The van der Waals surface area contributed by atoms with Gasteiger partial charge in [0.15, 0.2) is 0 Å². The summed E-state index contributed by atoms with van der Waals surface area (Å²) in [6, 6.07) is 8.17. The van der Waals surface area contributed by atoms with Crippen LogP contribution in [0.4, 0.5) is 0 Å². The fraction of sp³-hybridized carbons (Fsp3) is 0.571. The van der Waals surface area contributed by atoms with Gasteiger partial charge in [-0.1, -0.05) is 24.3 Å². The fourth-order valence-corrected chi connectivity index (χ4v) is 2.34. The van der Waals surface area contributed by atoms with E-state index in [4.69, 9.17) is 5.73 Å². The molecule has 2 rings (SSSR count). The van der Waals surface area contributed by atoms with Gasteiger partial charge < -0.3 is 15.7 Å². The largest absolute Gasteiger partial charge is 0.387 e. The van der Waals surface area contributed by atoms with Crippen molar-refractivity contribution in [1.82, 2.24) is 4.90 Å². The lowest BCUT2D eigenvalue weighted by atomic mass is 10.1. The number of likely N-dealkylation sites (tertiary alicyclic amines) is 1. The highest BCUT2D eigenvalue weighted by Gasteiger charge is 2.11. The Morgan fingerprint density at radius 3 is 2.41 bits per heavy atom. The van der Waals surface area contributed by atoms with Gasteiger partial charge in [-0.25, -0.2) is 0 Å². The molecule has 0 amide bonds. The van der Waals surface area contributed by atoms with E-state index >= 15 is 0 Å². The number of hydrogen-bond acceptors (Lipinski definition) is 3.